The predicted molar refractivity (Wildman–Crippen MR) is 82.2 cm³/mol. The minimum atomic E-state index is -0.140. The van der Waals surface area contributed by atoms with Gasteiger partial charge in [-0.1, -0.05) is 0 Å². The fourth-order valence-corrected chi connectivity index (χ4v) is 2.97. The van der Waals surface area contributed by atoms with E-state index < -0.39 is 0 Å². The largest absolute Gasteiger partial charge is 0.397 e. The predicted octanol–water partition coefficient (Wildman–Crippen LogP) is 1.23. The van der Waals surface area contributed by atoms with Crippen molar-refractivity contribution in [3.8, 4) is 0 Å². The molecule has 0 aliphatic carbocycles. The molecule has 20 heavy (non-hydrogen) atoms. The number of carbonyl (C=O) groups excluding carboxylic acids is 1. The van der Waals surface area contributed by atoms with Crippen LogP contribution in [0.15, 0.2) is 0 Å². The lowest BCUT2D eigenvalue weighted by Crippen LogP contribution is -2.26. The molecule has 2 rings (SSSR count). The lowest BCUT2D eigenvalue weighted by molar-refractivity contribution is 0.0958. The highest BCUT2D eigenvalue weighted by Gasteiger charge is 2.19. The zero-order chi connectivity index (χ0) is 14.7. The second kappa shape index (κ2) is 6.15. The van der Waals surface area contributed by atoms with Crippen molar-refractivity contribution in [2.45, 2.75) is 20.3 Å². The molecule has 0 radical (unpaired) electrons. The van der Waals surface area contributed by atoms with Gasteiger partial charge in [-0.25, -0.2) is 0 Å². The Bertz CT molecular complexity index is 637. The van der Waals surface area contributed by atoms with Crippen molar-refractivity contribution in [3.63, 3.8) is 0 Å². The van der Waals surface area contributed by atoms with Crippen molar-refractivity contribution in [2.24, 2.45) is 0 Å². The van der Waals surface area contributed by atoms with Crippen LogP contribution in [0.2, 0.25) is 0 Å². The Kier molecular flexibility index (Phi) is 4.51. The summed E-state index contributed by atoms with van der Waals surface area (Å²) in [6.07, 6.45) is 0.880. The summed E-state index contributed by atoms with van der Waals surface area (Å²) in [6.45, 7) is 5.32. The van der Waals surface area contributed by atoms with Gasteiger partial charge in [0.1, 0.15) is 9.71 Å². The number of carbonyl (C=O) groups is 1. The Hall–Kier alpha value is -1.73. The summed E-state index contributed by atoms with van der Waals surface area (Å²) in [4.78, 5) is 13.4. The van der Waals surface area contributed by atoms with Crippen LogP contribution in [0.25, 0.3) is 10.2 Å². The fraction of sp³-hybridized carbons (Fsp3) is 0.462. The zero-order valence-electron chi connectivity index (χ0n) is 11.9. The van der Waals surface area contributed by atoms with E-state index in [1.54, 1.807) is 0 Å². The highest BCUT2D eigenvalue weighted by atomic mass is 32.1. The van der Waals surface area contributed by atoms with E-state index in [1.807, 2.05) is 20.9 Å². The van der Waals surface area contributed by atoms with Gasteiger partial charge in [0.25, 0.3) is 5.91 Å². The van der Waals surface area contributed by atoms with Crippen molar-refractivity contribution in [1.29, 1.82) is 0 Å². The van der Waals surface area contributed by atoms with Crippen LogP contribution in [-0.2, 0) is 0 Å². The Morgan fingerprint density at radius 1 is 1.30 bits per heavy atom. The molecular formula is C13H19N5OS. The number of nitrogen functional groups attached to an aromatic ring is 1. The van der Waals surface area contributed by atoms with Crippen LogP contribution in [0.4, 0.5) is 5.69 Å². The molecule has 4 N–H and O–H groups in total. The first-order chi connectivity index (χ1) is 9.56. The van der Waals surface area contributed by atoms with Gasteiger partial charge in [-0.2, -0.15) is 5.10 Å². The van der Waals surface area contributed by atoms with Gasteiger partial charge in [-0.15, -0.1) is 16.4 Å². The molecule has 6 nitrogen and oxygen atoms in total. The molecule has 0 aliphatic rings. The lowest BCUT2D eigenvalue weighted by atomic mass is 10.1. The Labute approximate surface area is 121 Å². The Morgan fingerprint density at radius 2 is 2.05 bits per heavy atom. The molecule has 1 amide bonds. The van der Waals surface area contributed by atoms with Crippen LogP contribution in [0.1, 0.15) is 27.3 Å². The third kappa shape index (κ3) is 2.73. The van der Waals surface area contributed by atoms with Crippen LogP contribution in [0.3, 0.4) is 0 Å². The van der Waals surface area contributed by atoms with Gasteiger partial charge >= 0.3 is 0 Å². The molecule has 0 aromatic carbocycles. The number of aryl methyl sites for hydroxylation is 2. The van der Waals surface area contributed by atoms with Gasteiger partial charge in [0, 0.05) is 11.9 Å². The van der Waals surface area contributed by atoms with Crippen molar-refractivity contribution in [1.82, 2.24) is 20.8 Å². The molecule has 2 aromatic rings. The number of thiophene rings is 1. The molecule has 0 fully saturated rings. The Balaban J connectivity index is 2.25. The van der Waals surface area contributed by atoms with Crippen molar-refractivity contribution < 1.29 is 4.79 Å². The van der Waals surface area contributed by atoms with E-state index in [-0.39, 0.29) is 5.91 Å². The number of amides is 1. The van der Waals surface area contributed by atoms with E-state index in [9.17, 15) is 4.79 Å². The molecule has 0 bridgehead atoms. The molecule has 0 atom stereocenters. The van der Waals surface area contributed by atoms with Crippen molar-refractivity contribution >= 4 is 33.1 Å². The van der Waals surface area contributed by atoms with Crippen LogP contribution in [0.5, 0.6) is 0 Å². The smallest absolute Gasteiger partial charge is 0.263 e. The molecule has 2 aromatic heterocycles. The molecule has 0 saturated carbocycles. The van der Waals surface area contributed by atoms with Gasteiger partial charge < -0.3 is 16.4 Å². The summed E-state index contributed by atoms with van der Waals surface area (Å²) in [6, 6.07) is 0. The third-order valence-corrected chi connectivity index (χ3v) is 4.32. The zero-order valence-corrected chi connectivity index (χ0v) is 12.7. The highest BCUT2D eigenvalue weighted by molar-refractivity contribution is 7.21. The second-order valence-corrected chi connectivity index (χ2v) is 5.65. The SMILES string of the molecule is CNCCCNC(=O)c1sc2nnc(C)c(C)c2c1N. The van der Waals surface area contributed by atoms with Crippen LogP contribution in [-0.4, -0.2) is 36.2 Å². The highest BCUT2D eigenvalue weighted by Crippen LogP contribution is 2.34. The number of rotatable bonds is 5. The van der Waals surface area contributed by atoms with Crippen LogP contribution >= 0.6 is 11.3 Å². The first-order valence-electron chi connectivity index (χ1n) is 6.51. The first kappa shape index (κ1) is 14.7. The standard InChI is InChI=1S/C13H19N5OS/c1-7-8(2)17-18-13-9(7)10(14)11(20-13)12(19)16-6-4-5-15-3/h15H,4-6,14H2,1-3H3,(H,16,19). The topological polar surface area (TPSA) is 92.9 Å². The second-order valence-electron chi connectivity index (χ2n) is 4.65. The first-order valence-corrected chi connectivity index (χ1v) is 7.32. The molecule has 0 aliphatic heterocycles. The molecule has 0 unspecified atom stereocenters. The molecule has 0 spiro atoms. The summed E-state index contributed by atoms with van der Waals surface area (Å²) in [5.41, 5.74) is 8.44. The van der Waals surface area contributed by atoms with Crippen molar-refractivity contribution in [3.05, 3.63) is 16.1 Å². The number of aromatic nitrogens is 2. The summed E-state index contributed by atoms with van der Waals surface area (Å²) < 4.78 is 0. The Morgan fingerprint density at radius 3 is 2.75 bits per heavy atom. The van der Waals surface area contributed by atoms with Gasteiger partial charge in [0.15, 0.2) is 0 Å². The monoisotopic (exact) mass is 293 g/mol. The molecule has 2 heterocycles. The van der Waals surface area contributed by atoms with E-state index >= 15 is 0 Å². The number of anilines is 1. The number of fused-ring (bicyclic) bond motifs is 1. The molecular weight excluding hydrogens is 274 g/mol. The van der Waals surface area contributed by atoms with Gasteiger partial charge in [0.2, 0.25) is 0 Å². The van der Waals surface area contributed by atoms with Crippen molar-refractivity contribution in [2.75, 3.05) is 25.9 Å². The maximum atomic E-state index is 12.1. The minimum absolute atomic E-state index is 0.140. The lowest BCUT2D eigenvalue weighted by Gasteiger charge is -2.04. The maximum absolute atomic E-state index is 12.1. The van der Waals surface area contributed by atoms with E-state index in [2.05, 4.69) is 20.8 Å². The molecule has 0 saturated heterocycles. The summed E-state index contributed by atoms with van der Waals surface area (Å²) in [7, 11) is 1.88. The molecule has 108 valence electrons. The normalized spacial score (nSPS) is 10.9. The molecule has 7 heteroatoms. The number of nitrogens with two attached hydrogens (primary N) is 1. The van der Waals surface area contributed by atoms with Gasteiger partial charge in [-0.3, -0.25) is 4.79 Å². The number of hydrogen-bond donors (Lipinski definition) is 3. The van der Waals surface area contributed by atoms with E-state index in [4.69, 9.17) is 5.73 Å². The minimum Gasteiger partial charge on any atom is -0.397 e. The van der Waals surface area contributed by atoms with Crippen LogP contribution < -0.4 is 16.4 Å². The fourth-order valence-electron chi connectivity index (χ4n) is 1.96. The van der Waals surface area contributed by atoms with E-state index in [0.717, 1.165) is 29.6 Å². The summed E-state index contributed by atoms with van der Waals surface area (Å²) in [5, 5.41) is 14.9. The number of nitrogens with one attached hydrogen (secondary N) is 2. The third-order valence-electron chi connectivity index (χ3n) is 3.23. The maximum Gasteiger partial charge on any atom is 0.263 e. The quantitative estimate of drug-likeness (QED) is 0.721. The van der Waals surface area contributed by atoms with E-state index in [1.165, 1.54) is 11.3 Å². The average Bonchev–Trinajstić information content (AvgIpc) is 2.77. The van der Waals surface area contributed by atoms with Gasteiger partial charge in [-0.05, 0) is 39.4 Å². The summed E-state index contributed by atoms with van der Waals surface area (Å²) >= 11 is 1.29. The summed E-state index contributed by atoms with van der Waals surface area (Å²) in [5.74, 6) is -0.140. The van der Waals surface area contributed by atoms with Crippen LogP contribution in [0, 0.1) is 13.8 Å². The number of hydrogen-bond acceptors (Lipinski definition) is 6. The van der Waals surface area contributed by atoms with E-state index in [0.29, 0.717) is 21.9 Å². The number of nitrogens with zero attached hydrogens (tertiary/aromatic N) is 2. The average molecular weight is 293 g/mol. The van der Waals surface area contributed by atoms with Gasteiger partial charge in [0.05, 0.1) is 11.4 Å².